The summed E-state index contributed by atoms with van der Waals surface area (Å²) in [6.45, 7) is 5.66. The minimum atomic E-state index is -4.84. The zero-order valence-electron chi connectivity index (χ0n) is 14.2. The first-order valence-corrected chi connectivity index (χ1v) is 7.86. The Hall–Kier alpha value is -2.12. The fourth-order valence-corrected chi connectivity index (χ4v) is 2.01. The molecule has 0 aliphatic carbocycles. The molecule has 1 atom stereocenters. The molecule has 0 aliphatic rings. The highest BCUT2D eigenvalue weighted by Gasteiger charge is 2.34. The second-order valence-electron chi connectivity index (χ2n) is 6.09. The van der Waals surface area contributed by atoms with Gasteiger partial charge in [-0.2, -0.15) is 13.2 Å². The first kappa shape index (κ1) is 20.9. The molecule has 0 heterocycles. The highest BCUT2D eigenvalue weighted by atomic mass is 19.4. The van der Waals surface area contributed by atoms with Gasteiger partial charge in [0.15, 0.2) is 0 Å². The summed E-state index contributed by atoms with van der Waals surface area (Å²) in [6.07, 6.45) is -3.26. The van der Waals surface area contributed by atoms with E-state index in [2.05, 4.69) is 5.32 Å². The van der Waals surface area contributed by atoms with Gasteiger partial charge in [-0.25, -0.2) is 9.18 Å². The summed E-state index contributed by atoms with van der Waals surface area (Å²) in [5.41, 5.74) is -1.77. The Morgan fingerprint density at radius 2 is 1.84 bits per heavy atom. The van der Waals surface area contributed by atoms with Gasteiger partial charge >= 0.3 is 12.1 Å². The monoisotopic (exact) mass is 363 g/mol. The van der Waals surface area contributed by atoms with E-state index in [1.54, 1.807) is 0 Å². The average Bonchev–Trinajstić information content (AvgIpc) is 2.49. The highest BCUT2D eigenvalue weighted by molar-refractivity contribution is 5.96. The van der Waals surface area contributed by atoms with Crippen LogP contribution in [0.5, 0.6) is 0 Å². The summed E-state index contributed by atoms with van der Waals surface area (Å²) in [4.78, 5) is 23.7. The molecule has 0 bridgehead atoms. The lowest BCUT2D eigenvalue weighted by Gasteiger charge is -2.14. The maximum absolute atomic E-state index is 13.5. The largest absolute Gasteiger partial charge is 0.464 e. The molecule has 1 aromatic rings. The van der Waals surface area contributed by atoms with Crippen molar-refractivity contribution < 1.29 is 31.9 Å². The fourth-order valence-electron chi connectivity index (χ4n) is 2.01. The molecule has 0 spiro atoms. The standard InChI is InChI=1S/C17H21F4NO3/c1-10(2)5-4-8-25-16(24)11(3)22-15(23)12-6-7-13(14(18)9-12)17(19,20)21/h6-7,9-11H,4-5,8H2,1-3H3,(H,22,23). The van der Waals surface area contributed by atoms with Crippen LogP contribution in [0.25, 0.3) is 0 Å². The molecular weight excluding hydrogens is 342 g/mol. The molecule has 25 heavy (non-hydrogen) atoms. The van der Waals surface area contributed by atoms with Crippen LogP contribution < -0.4 is 5.32 Å². The number of benzene rings is 1. The second kappa shape index (κ2) is 8.82. The molecule has 1 amide bonds. The molecule has 0 radical (unpaired) electrons. The van der Waals surface area contributed by atoms with Crippen molar-refractivity contribution in [2.24, 2.45) is 5.92 Å². The number of hydrogen-bond donors (Lipinski definition) is 1. The van der Waals surface area contributed by atoms with Crippen LogP contribution in [0.15, 0.2) is 18.2 Å². The Balaban J connectivity index is 2.60. The molecule has 8 heteroatoms. The van der Waals surface area contributed by atoms with Crippen LogP contribution in [0, 0.1) is 11.7 Å². The van der Waals surface area contributed by atoms with E-state index < -0.39 is 35.5 Å². The summed E-state index contributed by atoms with van der Waals surface area (Å²) >= 11 is 0. The van der Waals surface area contributed by atoms with Crippen LogP contribution in [-0.4, -0.2) is 24.5 Å². The zero-order chi connectivity index (χ0) is 19.2. The van der Waals surface area contributed by atoms with Gasteiger partial charge in [-0.1, -0.05) is 13.8 Å². The number of amides is 1. The Labute approximate surface area is 143 Å². The van der Waals surface area contributed by atoms with Crippen LogP contribution in [-0.2, 0) is 15.7 Å². The fraction of sp³-hybridized carbons (Fsp3) is 0.529. The second-order valence-corrected chi connectivity index (χ2v) is 6.09. The zero-order valence-corrected chi connectivity index (χ0v) is 14.2. The number of alkyl halides is 3. The first-order valence-electron chi connectivity index (χ1n) is 7.86. The molecular formula is C17H21F4NO3. The van der Waals surface area contributed by atoms with E-state index in [0.717, 1.165) is 12.5 Å². The van der Waals surface area contributed by atoms with Gasteiger partial charge in [0, 0.05) is 5.56 Å². The summed E-state index contributed by atoms with van der Waals surface area (Å²) in [5.74, 6) is -2.60. The third-order valence-corrected chi connectivity index (χ3v) is 3.41. The number of carbonyl (C=O) groups excluding carboxylic acids is 2. The normalized spacial score (nSPS) is 12.8. The lowest BCUT2D eigenvalue weighted by molar-refractivity contribution is -0.145. The number of rotatable bonds is 7. The minimum Gasteiger partial charge on any atom is -0.464 e. The van der Waals surface area contributed by atoms with Crippen molar-refractivity contribution in [3.05, 3.63) is 35.1 Å². The van der Waals surface area contributed by atoms with E-state index in [-0.39, 0.29) is 12.2 Å². The van der Waals surface area contributed by atoms with Gasteiger partial charge < -0.3 is 10.1 Å². The quantitative estimate of drug-likeness (QED) is 0.454. The Morgan fingerprint density at radius 1 is 1.20 bits per heavy atom. The van der Waals surface area contributed by atoms with E-state index in [1.165, 1.54) is 6.92 Å². The van der Waals surface area contributed by atoms with Gasteiger partial charge in [-0.15, -0.1) is 0 Å². The van der Waals surface area contributed by atoms with Crippen LogP contribution >= 0.6 is 0 Å². The molecule has 1 aromatic carbocycles. The number of nitrogens with one attached hydrogen (secondary N) is 1. The minimum absolute atomic E-state index is 0.214. The SMILES string of the molecule is CC(C)CCCOC(=O)C(C)NC(=O)c1ccc(C(F)(F)F)c(F)c1. The molecule has 0 fully saturated rings. The molecule has 4 nitrogen and oxygen atoms in total. The number of carbonyl (C=O) groups is 2. The van der Waals surface area contributed by atoms with Crippen molar-refractivity contribution in [2.75, 3.05) is 6.61 Å². The average molecular weight is 363 g/mol. The number of hydrogen-bond acceptors (Lipinski definition) is 3. The lowest BCUT2D eigenvalue weighted by atomic mass is 10.1. The van der Waals surface area contributed by atoms with Crippen molar-refractivity contribution in [1.82, 2.24) is 5.32 Å². The summed E-state index contributed by atoms with van der Waals surface area (Å²) < 4.78 is 56.0. The van der Waals surface area contributed by atoms with Gasteiger partial charge in [0.25, 0.3) is 5.91 Å². The Kier molecular flexibility index (Phi) is 7.38. The van der Waals surface area contributed by atoms with Crippen molar-refractivity contribution in [1.29, 1.82) is 0 Å². The van der Waals surface area contributed by atoms with E-state index in [4.69, 9.17) is 4.74 Å². The predicted molar refractivity (Wildman–Crippen MR) is 83.4 cm³/mol. The van der Waals surface area contributed by atoms with Gasteiger partial charge in [-0.3, -0.25) is 4.79 Å². The molecule has 1 rings (SSSR count). The van der Waals surface area contributed by atoms with Crippen LogP contribution in [0.3, 0.4) is 0 Å². The Bertz CT molecular complexity index is 614. The lowest BCUT2D eigenvalue weighted by Crippen LogP contribution is -2.39. The van der Waals surface area contributed by atoms with Gasteiger partial charge in [0.05, 0.1) is 12.2 Å². The topological polar surface area (TPSA) is 55.4 Å². The number of esters is 1. The van der Waals surface area contributed by atoms with Crippen molar-refractivity contribution in [2.45, 2.75) is 45.8 Å². The molecule has 1 N–H and O–H groups in total. The first-order chi connectivity index (χ1) is 11.5. The van der Waals surface area contributed by atoms with Gasteiger partial charge in [0.1, 0.15) is 11.9 Å². The van der Waals surface area contributed by atoms with Crippen molar-refractivity contribution in [3.8, 4) is 0 Å². The van der Waals surface area contributed by atoms with Crippen molar-refractivity contribution >= 4 is 11.9 Å². The van der Waals surface area contributed by atoms with Crippen molar-refractivity contribution in [3.63, 3.8) is 0 Å². The molecule has 0 aromatic heterocycles. The molecule has 0 saturated heterocycles. The predicted octanol–water partition coefficient (Wildman–Crippen LogP) is 3.94. The maximum atomic E-state index is 13.5. The number of halogens is 4. The third kappa shape index (κ3) is 6.72. The highest BCUT2D eigenvalue weighted by Crippen LogP contribution is 2.31. The summed E-state index contributed by atoms with van der Waals surface area (Å²) in [5, 5.41) is 2.27. The van der Waals surface area contributed by atoms with E-state index >= 15 is 0 Å². The molecule has 0 aliphatic heterocycles. The maximum Gasteiger partial charge on any atom is 0.419 e. The molecule has 1 unspecified atom stereocenters. The third-order valence-electron chi connectivity index (χ3n) is 3.41. The Morgan fingerprint density at radius 3 is 2.36 bits per heavy atom. The van der Waals surface area contributed by atoms with Crippen LogP contribution in [0.4, 0.5) is 17.6 Å². The number of ether oxygens (including phenoxy) is 1. The smallest absolute Gasteiger partial charge is 0.419 e. The summed E-state index contributed by atoms with van der Waals surface area (Å²) in [6, 6.07) is 0.817. The molecule has 140 valence electrons. The van der Waals surface area contributed by atoms with E-state index in [0.29, 0.717) is 24.5 Å². The van der Waals surface area contributed by atoms with Gasteiger partial charge in [0.2, 0.25) is 0 Å². The van der Waals surface area contributed by atoms with Crippen LogP contribution in [0.2, 0.25) is 0 Å². The van der Waals surface area contributed by atoms with Gasteiger partial charge in [-0.05, 0) is 43.9 Å². The van der Waals surface area contributed by atoms with E-state index in [9.17, 15) is 27.2 Å². The summed E-state index contributed by atoms with van der Waals surface area (Å²) in [7, 11) is 0. The van der Waals surface area contributed by atoms with Crippen LogP contribution in [0.1, 0.15) is 49.5 Å². The van der Waals surface area contributed by atoms with E-state index in [1.807, 2.05) is 13.8 Å². The molecule has 0 saturated carbocycles.